The molecule has 120 valence electrons. The number of nitrogens with one attached hydrogen (secondary N) is 1. The maximum absolute atomic E-state index is 12.9. The molecule has 7 nitrogen and oxygen atoms in total. The minimum absolute atomic E-state index is 0.0293. The lowest BCUT2D eigenvalue weighted by Gasteiger charge is -2.29. The smallest absolute Gasteiger partial charge is 0.274 e. The van der Waals surface area contributed by atoms with Gasteiger partial charge in [0.2, 0.25) is 0 Å². The molecule has 2 atom stereocenters. The van der Waals surface area contributed by atoms with E-state index in [1.54, 1.807) is 12.5 Å². The van der Waals surface area contributed by atoms with Gasteiger partial charge in [-0.25, -0.2) is 9.97 Å². The molecule has 4 heterocycles. The maximum atomic E-state index is 12.9. The van der Waals surface area contributed by atoms with E-state index in [9.17, 15) is 4.79 Å². The van der Waals surface area contributed by atoms with E-state index < -0.39 is 0 Å². The van der Waals surface area contributed by atoms with Gasteiger partial charge in [0.05, 0.1) is 23.6 Å². The summed E-state index contributed by atoms with van der Waals surface area (Å²) in [5.41, 5.74) is 4.50. The zero-order valence-electron chi connectivity index (χ0n) is 13.2. The van der Waals surface area contributed by atoms with Crippen LogP contribution in [0, 0.1) is 0 Å². The van der Waals surface area contributed by atoms with E-state index in [0.717, 1.165) is 28.9 Å². The van der Waals surface area contributed by atoms with Crippen LogP contribution >= 0.6 is 0 Å². The van der Waals surface area contributed by atoms with Crippen LogP contribution in [0.1, 0.15) is 53.0 Å². The molecule has 1 N–H and O–H groups in total. The number of amides is 1. The van der Waals surface area contributed by atoms with Gasteiger partial charge in [-0.3, -0.25) is 9.89 Å². The second-order valence-corrected chi connectivity index (χ2v) is 6.23. The first-order valence-electron chi connectivity index (χ1n) is 7.93. The highest BCUT2D eigenvalue weighted by atomic mass is 16.5. The highest BCUT2D eigenvalue weighted by Gasteiger charge is 2.32. The topological polar surface area (TPSA) is 84.0 Å². The van der Waals surface area contributed by atoms with Crippen molar-refractivity contribution in [2.75, 3.05) is 6.54 Å². The first-order valence-corrected chi connectivity index (χ1v) is 7.93. The molecule has 0 radical (unpaired) electrons. The van der Waals surface area contributed by atoms with Gasteiger partial charge >= 0.3 is 0 Å². The number of carbonyl (C=O) groups is 1. The molecular weight excluding hydrogens is 294 g/mol. The molecule has 0 unspecified atom stereocenters. The fourth-order valence-corrected chi connectivity index (χ4v) is 3.44. The third-order valence-electron chi connectivity index (χ3n) is 4.58. The Bertz CT molecular complexity index is 757. The Hall–Kier alpha value is -2.28. The van der Waals surface area contributed by atoms with Gasteiger partial charge in [-0.1, -0.05) is 0 Å². The van der Waals surface area contributed by atoms with Crippen molar-refractivity contribution in [3.63, 3.8) is 0 Å². The molecule has 1 amide bonds. The fourth-order valence-electron chi connectivity index (χ4n) is 3.44. The van der Waals surface area contributed by atoms with Crippen LogP contribution in [0.15, 0.2) is 12.5 Å². The predicted molar refractivity (Wildman–Crippen MR) is 81.7 cm³/mol. The number of rotatable bonds is 1. The second-order valence-electron chi connectivity index (χ2n) is 6.23. The molecule has 0 aromatic carbocycles. The third-order valence-corrected chi connectivity index (χ3v) is 4.58. The van der Waals surface area contributed by atoms with Gasteiger partial charge in [0.15, 0.2) is 5.69 Å². The molecule has 2 aromatic rings. The van der Waals surface area contributed by atoms with Crippen LogP contribution in [-0.2, 0) is 24.1 Å². The van der Waals surface area contributed by atoms with Gasteiger partial charge in [-0.2, -0.15) is 5.10 Å². The summed E-state index contributed by atoms with van der Waals surface area (Å²) in [5.74, 6) is -0.0293. The molecule has 0 bridgehead atoms. The Labute approximate surface area is 134 Å². The van der Waals surface area contributed by atoms with Crippen molar-refractivity contribution in [3.8, 4) is 0 Å². The van der Waals surface area contributed by atoms with Crippen molar-refractivity contribution in [3.05, 3.63) is 40.7 Å². The first kappa shape index (κ1) is 14.3. The summed E-state index contributed by atoms with van der Waals surface area (Å²) in [6.07, 6.45) is 4.86. The standard InChI is InChI=1S/C16H19N5O2/c1-9-5-12-14(10(2)23-9)19-20-15(12)16(22)21-4-3-13-11(7-21)6-17-8-18-13/h6,8-10H,3-5,7H2,1-2H3,(H,19,20)/t9-,10+/m1/s1. The minimum Gasteiger partial charge on any atom is -0.369 e. The molecule has 0 fully saturated rings. The molecule has 7 heteroatoms. The molecule has 2 aromatic heterocycles. The molecule has 4 rings (SSSR count). The van der Waals surface area contributed by atoms with Crippen molar-refractivity contribution in [1.82, 2.24) is 25.1 Å². The zero-order valence-corrected chi connectivity index (χ0v) is 13.2. The van der Waals surface area contributed by atoms with Crippen molar-refractivity contribution >= 4 is 5.91 Å². The van der Waals surface area contributed by atoms with Gasteiger partial charge < -0.3 is 9.64 Å². The molecule has 23 heavy (non-hydrogen) atoms. The lowest BCUT2D eigenvalue weighted by molar-refractivity contribution is -0.00702. The summed E-state index contributed by atoms with van der Waals surface area (Å²) in [5, 5.41) is 7.27. The summed E-state index contributed by atoms with van der Waals surface area (Å²) in [4.78, 5) is 23.1. The van der Waals surface area contributed by atoms with Crippen LogP contribution < -0.4 is 0 Å². The average molecular weight is 313 g/mol. The van der Waals surface area contributed by atoms with E-state index in [1.807, 2.05) is 18.7 Å². The van der Waals surface area contributed by atoms with Gasteiger partial charge in [-0.15, -0.1) is 0 Å². The first-order chi connectivity index (χ1) is 11.1. The number of fused-ring (bicyclic) bond motifs is 2. The highest BCUT2D eigenvalue weighted by Crippen LogP contribution is 2.31. The summed E-state index contributed by atoms with van der Waals surface area (Å²) in [6.45, 7) is 5.20. The average Bonchev–Trinajstić information content (AvgIpc) is 2.97. The molecule has 0 saturated carbocycles. The van der Waals surface area contributed by atoms with Crippen LogP contribution in [0.25, 0.3) is 0 Å². The number of hydrogen-bond acceptors (Lipinski definition) is 5. The van der Waals surface area contributed by atoms with E-state index in [-0.39, 0.29) is 18.1 Å². The molecule has 0 spiro atoms. The molecule has 0 saturated heterocycles. The van der Waals surface area contributed by atoms with E-state index in [1.165, 1.54) is 0 Å². The Morgan fingerprint density at radius 3 is 3.17 bits per heavy atom. The number of H-pyrrole nitrogens is 1. The molecule has 2 aliphatic rings. The quantitative estimate of drug-likeness (QED) is 0.861. The largest absolute Gasteiger partial charge is 0.369 e. The van der Waals surface area contributed by atoms with E-state index in [0.29, 0.717) is 25.2 Å². The SMILES string of the molecule is C[C@@H]1Cc2c(C(=O)N3CCc4ncncc4C3)n[nH]c2[C@H](C)O1. The predicted octanol–water partition coefficient (Wildman–Crippen LogP) is 1.42. The number of aromatic nitrogens is 4. The zero-order chi connectivity index (χ0) is 16.0. The number of aromatic amines is 1. The Balaban J connectivity index is 1.62. The number of ether oxygens (including phenoxy) is 1. The van der Waals surface area contributed by atoms with Gasteiger partial charge in [0.1, 0.15) is 6.33 Å². The van der Waals surface area contributed by atoms with Crippen LogP contribution in [0.4, 0.5) is 0 Å². The minimum atomic E-state index is -0.0571. The summed E-state index contributed by atoms with van der Waals surface area (Å²) in [6, 6.07) is 0. The number of nitrogens with zero attached hydrogens (tertiary/aromatic N) is 4. The normalized spacial score (nSPS) is 23.3. The Morgan fingerprint density at radius 1 is 1.43 bits per heavy atom. The maximum Gasteiger partial charge on any atom is 0.274 e. The van der Waals surface area contributed by atoms with E-state index >= 15 is 0 Å². The molecule has 0 aliphatic carbocycles. The fraction of sp³-hybridized carbons (Fsp3) is 0.500. The number of carbonyl (C=O) groups excluding carboxylic acids is 1. The summed E-state index contributed by atoms with van der Waals surface area (Å²) >= 11 is 0. The second kappa shape index (κ2) is 5.42. The van der Waals surface area contributed by atoms with Crippen LogP contribution in [0.2, 0.25) is 0 Å². The van der Waals surface area contributed by atoms with Crippen molar-refractivity contribution in [1.29, 1.82) is 0 Å². The van der Waals surface area contributed by atoms with Crippen molar-refractivity contribution < 1.29 is 9.53 Å². The lowest BCUT2D eigenvalue weighted by Crippen LogP contribution is -2.37. The lowest BCUT2D eigenvalue weighted by atomic mass is 9.98. The number of hydrogen-bond donors (Lipinski definition) is 1. The van der Waals surface area contributed by atoms with Crippen molar-refractivity contribution in [2.24, 2.45) is 0 Å². The monoisotopic (exact) mass is 313 g/mol. The van der Waals surface area contributed by atoms with Crippen LogP contribution in [0.5, 0.6) is 0 Å². The van der Waals surface area contributed by atoms with E-state index in [4.69, 9.17) is 4.74 Å². The Morgan fingerprint density at radius 2 is 2.30 bits per heavy atom. The molecular formula is C16H19N5O2. The van der Waals surface area contributed by atoms with E-state index in [2.05, 4.69) is 20.2 Å². The van der Waals surface area contributed by atoms with Gasteiger partial charge in [-0.05, 0) is 13.8 Å². The molecule has 2 aliphatic heterocycles. The summed E-state index contributed by atoms with van der Waals surface area (Å²) < 4.78 is 5.78. The van der Waals surface area contributed by atoms with Crippen LogP contribution in [-0.4, -0.2) is 43.6 Å². The van der Waals surface area contributed by atoms with Crippen molar-refractivity contribution in [2.45, 2.75) is 45.4 Å². The third kappa shape index (κ3) is 2.41. The summed E-state index contributed by atoms with van der Waals surface area (Å²) in [7, 11) is 0. The highest BCUT2D eigenvalue weighted by molar-refractivity contribution is 5.94. The Kier molecular flexibility index (Phi) is 3.37. The van der Waals surface area contributed by atoms with Crippen LogP contribution in [0.3, 0.4) is 0 Å². The van der Waals surface area contributed by atoms with Gasteiger partial charge in [0, 0.05) is 43.3 Å². The van der Waals surface area contributed by atoms with Gasteiger partial charge in [0.25, 0.3) is 5.91 Å².